The number of carboxylic acids is 1. The summed E-state index contributed by atoms with van der Waals surface area (Å²) >= 11 is 5.36. The predicted molar refractivity (Wildman–Crippen MR) is 75.1 cm³/mol. The molecule has 0 radical (unpaired) electrons. The molecule has 0 aliphatic rings. The zero-order chi connectivity index (χ0) is 17.0. The maximum atomic E-state index is 12.8. The summed E-state index contributed by atoms with van der Waals surface area (Å²) in [5.41, 5.74) is 3.58. The normalized spacial score (nSPS) is 9.91. The van der Waals surface area contributed by atoms with E-state index >= 15 is 0 Å². The highest BCUT2D eigenvalue weighted by atomic mass is 79.9. The number of carboxylic acid groups (broad SMARTS) is 1. The minimum Gasteiger partial charge on any atom is -0.477 e. The molecule has 3 N–H and O–H groups in total. The summed E-state index contributed by atoms with van der Waals surface area (Å²) in [7, 11) is 0. The van der Waals surface area contributed by atoms with Crippen molar-refractivity contribution in [1.82, 2.24) is 9.97 Å². The third-order valence-corrected chi connectivity index (χ3v) is 3.17. The second-order valence-electron chi connectivity index (χ2n) is 3.51. The fraction of sp³-hybridized carbons (Fsp3) is 0. The van der Waals surface area contributed by atoms with E-state index in [1.54, 1.807) is 6.20 Å². The van der Waals surface area contributed by atoms with Crippen LogP contribution in [0.3, 0.4) is 0 Å². The first kappa shape index (κ1) is 18.3. The summed E-state index contributed by atoms with van der Waals surface area (Å²) in [6, 6.07) is 0. The van der Waals surface area contributed by atoms with E-state index in [0.717, 1.165) is 0 Å². The van der Waals surface area contributed by atoms with Crippen LogP contribution in [-0.4, -0.2) is 21.0 Å². The first-order valence-electron chi connectivity index (χ1n) is 5.14. The van der Waals surface area contributed by atoms with Crippen molar-refractivity contribution in [3.8, 4) is 0 Å². The van der Waals surface area contributed by atoms with Gasteiger partial charge in [0, 0.05) is 0 Å². The zero-order valence-corrected chi connectivity index (χ0v) is 13.4. The first-order chi connectivity index (χ1) is 10.2. The number of nitrogen functional groups attached to an aromatic ring is 1. The number of aromatic carboxylic acids is 1. The Hall–Kier alpha value is -1.75. The minimum atomic E-state index is -2.08. The Bertz CT molecular complexity index is 663. The van der Waals surface area contributed by atoms with E-state index in [4.69, 9.17) is 10.8 Å². The van der Waals surface area contributed by atoms with Gasteiger partial charge in [0.15, 0.2) is 23.3 Å². The fourth-order valence-electron chi connectivity index (χ4n) is 1.11. The molecule has 0 unspecified atom stereocenters. The third-order valence-electron chi connectivity index (χ3n) is 2.06. The summed E-state index contributed by atoms with van der Waals surface area (Å²) in [4.78, 5) is 17.8. The molecule has 1 aromatic heterocycles. The van der Waals surface area contributed by atoms with Gasteiger partial charge < -0.3 is 10.8 Å². The number of hydrogen-bond acceptors (Lipinski definition) is 4. The van der Waals surface area contributed by atoms with E-state index in [2.05, 4.69) is 41.8 Å². The molecule has 0 fully saturated rings. The van der Waals surface area contributed by atoms with E-state index in [-0.39, 0.29) is 0 Å². The molecule has 1 heterocycles. The van der Waals surface area contributed by atoms with Gasteiger partial charge in [-0.25, -0.2) is 32.3 Å². The van der Waals surface area contributed by atoms with Crippen molar-refractivity contribution in [3.05, 3.63) is 50.3 Å². The largest absolute Gasteiger partial charge is 0.477 e. The Balaban J connectivity index is 0.000000255. The average Bonchev–Trinajstić information content (AvgIpc) is 2.46. The number of anilines is 1. The monoisotopic (exact) mass is 445 g/mol. The van der Waals surface area contributed by atoms with Gasteiger partial charge in [-0.05, 0) is 31.9 Å². The van der Waals surface area contributed by atoms with Gasteiger partial charge in [-0.3, -0.25) is 0 Å². The number of carbonyl (C=O) groups is 1. The molecule has 2 aromatic rings. The lowest BCUT2D eigenvalue weighted by molar-refractivity contribution is 0.0683. The van der Waals surface area contributed by atoms with Crippen LogP contribution < -0.4 is 5.73 Å². The molecule has 118 valence electrons. The quantitative estimate of drug-likeness (QED) is 0.397. The molecule has 11 heteroatoms. The molecule has 0 saturated carbocycles. The zero-order valence-electron chi connectivity index (χ0n) is 10.2. The topological polar surface area (TPSA) is 89.1 Å². The second kappa shape index (κ2) is 7.49. The SMILES string of the molecule is Nc1cnc(Br)cn1.O=C(O)c1c(F)c(F)c(Br)c(F)c1F. The van der Waals surface area contributed by atoms with Gasteiger partial charge in [0.2, 0.25) is 0 Å². The summed E-state index contributed by atoms with van der Waals surface area (Å²) < 4.78 is 50.6. The number of nitrogens with zero attached hydrogens (tertiary/aromatic N) is 2. The first-order valence-corrected chi connectivity index (χ1v) is 6.73. The van der Waals surface area contributed by atoms with Crippen molar-refractivity contribution in [3.63, 3.8) is 0 Å². The van der Waals surface area contributed by atoms with E-state index in [1.165, 1.54) is 6.20 Å². The molecule has 0 atom stereocenters. The fourth-order valence-corrected chi connectivity index (χ4v) is 1.67. The molecule has 5 nitrogen and oxygen atoms in total. The van der Waals surface area contributed by atoms with Crippen LogP contribution in [0.4, 0.5) is 23.4 Å². The minimum absolute atomic E-state index is 0.438. The summed E-state index contributed by atoms with van der Waals surface area (Å²) in [5, 5.41) is 8.26. The Morgan fingerprint density at radius 1 is 1.00 bits per heavy atom. The van der Waals surface area contributed by atoms with Crippen LogP contribution in [0.2, 0.25) is 0 Å². The van der Waals surface area contributed by atoms with E-state index in [9.17, 15) is 22.4 Å². The van der Waals surface area contributed by atoms with Gasteiger partial charge in [-0.1, -0.05) is 0 Å². The number of rotatable bonds is 1. The van der Waals surface area contributed by atoms with Gasteiger partial charge in [0.05, 0.1) is 16.9 Å². The molecule has 0 aliphatic carbocycles. The summed E-state index contributed by atoms with van der Waals surface area (Å²) in [5.74, 6) is -9.08. The molecule has 0 bridgehead atoms. The van der Waals surface area contributed by atoms with Crippen molar-refractivity contribution >= 4 is 43.6 Å². The molecule has 0 amide bonds. The molecule has 0 spiro atoms. The van der Waals surface area contributed by atoms with Crippen LogP contribution in [0.15, 0.2) is 21.5 Å². The lowest BCUT2D eigenvalue weighted by Gasteiger charge is -2.04. The van der Waals surface area contributed by atoms with Crippen LogP contribution in [0.5, 0.6) is 0 Å². The molecule has 2 rings (SSSR count). The van der Waals surface area contributed by atoms with Crippen molar-refractivity contribution in [2.45, 2.75) is 0 Å². The van der Waals surface area contributed by atoms with Crippen LogP contribution in [0, 0.1) is 23.3 Å². The maximum absolute atomic E-state index is 12.8. The lowest BCUT2D eigenvalue weighted by atomic mass is 10.2. The van der Waals surface area contributed by atoms with Crippen LogP contribution in [0.25, 0.3) is 0 Å². The molecular formula is C11H5Br2F4N3O2. The van der Waals surface area contributed by atoms with Gasteiger partial charge in [-0.15, -0.1) is 0 Å². The van der Waals surface area contributed by atoms with Crippen LogP contribution >= 0.6 is 31.9 Å². The van der Waals surface area contributed by atoms with E-state index in [1.807, 2.05) is 0 Å². The molecule has 0 aliphatic heterocycles. The van der Waals surface area contributed by atoms with Crippen molar-refractivity contribution in [2.24, 2.45) is 0 Å². The van der Waals surface area contributed by atoms with Gasteiger partial charge in [-0.2, -0.15) is 0 Å². The van der Waals surface area contributed by atoms with Crippen LogP contribution in [0.1, 0.15) is 10.4 Å². The van der Waals surface area contributed by atoms with Crippen molar-refractivity contribution in [1.29, 1.82) is 0 Å². The maximum Gasteiger partial charge on any atom is 0.341 e. The Kier molecular flexibility index (Phi) is 6.23. The van der Waals surface area contributed by atoms with E-state index in [0.29, 0.717) is 10.4 Å². The van der Waals surface area contributed by atoms with E-state index < -0.39 is 39.3 Å². The molecular weight excluding hydrogens is 442 g/mol. The Labute approximate surface area is 137 Å². The number of hydrogen-bond donors (Lipinski definition) is 2. The standard InChI is InChI=1S/C7HBrF4O2.C4H4BrN3/c8-2-5(11)3(9)1(7(13)14)4(10)6(2)12;5-3-1-8-4(6)2-7-3/h(H,13,14);1-2H,(H2,6,8). The van der Waals surface area contributed by atoms with Crippen LogP contribution in [-0.2, 0) is 0 Å². The van der Waals surface area contributed by atoms with Crippen molar-refractivity contribution in [2.75, 3.05) is 5.73 Å². The Morgan fingerprint density at radius 2 is 1.50 bits per heavy atom. The van der Waals surface area contributed by atoms with Gasteiger partial charge in [0.1, 0.15) is 16.0 Å². The molecule has 22 heavy (non-hydrogen) atoms. The van der Waals surface area contributed by atoms with Gasteiger partial charge in [0.25, 0.3) is 0 Å². The number of aromatic nitrogens is 2. The second-order valence-corrected chi connectivity index (χ2v) is 5.12. The number of benzene rings is 1. The highest BCUT2D eigenvalue weighted by Crippen LogP contribution is 2.27. The molecule has 1 aromatic carbocycles. The summed E-state index contributed by atoms with van der Waals surface area (Å²) in [6.45, 7) is 0. The number of halogens is 6. The highest BCUT2D eigenvalue weighted by Gasteiger charge is 2.27. The Morgan fingerprint density at radius 3 is 1.82 bits per heavy atom. The summed E-state index contributed by atoms with van der Waals surface area (Å²) in [6.07, 6.45) is 3.04. The lowest BCUT2D eigenvalue weighted by Crippen LogP contribution is -2.10. The van der Waals surface area contributed by atoms with Crippen molar-refractivity contribution < 1.29 is 27.5 Å². The average molecular weight is 447 g/mol. The van der Waals surface area contributed by atoms with Gasteiger partial charge >= 0.3 is 5.97 Å². The predicted octanol–water partition coefficient (Wildman–Crippen LogP) is 3.53. The third kappa shape index (κ3) is 4.13. The number of nitrogens with two attached hydrogens (primary N) is 1. The smallest absolute Gasteiger partial charge is 0.341 e. The highest BCUT2D eigenvalue weighted by molar-refractivity contribution is 9.10. The molecule has 0 saturated heterocycles.